The average Bonchev–Trinajstić information content (AvgIpc) is 1.64. The molecule has 10 aromatic rings. The number of carboxylic acid groups (broad SMARTS) is 1. The Bertz CT molecular complexity index is 5760. The number of aliphatic hydroxyl groups is 2. The number of amides is 3. The van der Waals surface area contributed by atoms with E-state index in [-0.39, 0.29) is 97.1 Å². The van der Waals surface area contributed by atoms with Crippen LogP contribution in [0.4, 0.5) is 17.6 Å². The zero-order valence-electron chi connectivity index (χ0n) is 79.0. The van der Waals surface area contributed by atoms with Gasteiger partial charge in [0.1, 0.15) is 35.5 Å². The average molecular weight is 2040 g/mol. The van der Waals surface area contributed by atoms with Gasteiger partial charge < -0.3 is 74.4 Å². The molecule has 0 spiro atoms. The van der Waals surface area contributed by atoms with E-state index in [4.69, 9.17) is 48.2 Å². The molecule has 0 atom stereocenters. The summed E-state index contributed by atoms with van der Waals surface area (Å²) >= 11 is 10.2. The molecule has 5 heterocycles. The molecule has 31 heteroatoms. The monoisotopic (exact) mass is 2040 g/mol. The Morgan fingerprint density at radius 2 is 0.689 bits per heavy atom. The fourth-order valence-electron chi connectivity index (χ4n) is 14.9. The smallest absolute Gasteiger partial charge is 0.478 e. The first-order chi connectivity index (χ1) is 63.2. The molecule has 3 aliphatic heterocycles. The number of halogens is 7. The van der Waals surface area contributed by atoms with Crippen molar-refractivity contribution in [2.75, 3.05) is 0 Å². The lowest BCUT2D eigenvalue weighted by atomic mass is 9.49. The van der Waals surface area contributed by atoms with Crippen LogP contribution in [0.15, 0.2) is 232 Å². The van der Waals surface area contributed by atoms with Gasteiger partial charge in [-0.05, 0) is 364 Å². The highest BCUT2D eigenvalue weighted by Gasteiger charge is 2.64. The predicted octanol–water partition coefficient (Wildman–Crippen LogP) is 21.4. The van der Waals surface area contributed by atoms with Crippen molar-refractivity contribution >= 4 is 98.1 Å². The summed E-state index contributed by atoms with van der Waals surface area (Å²) in [5, 5.41) is 38.3. The van der Waals surface area contributed by atoms with E-state index in [1.54, 1.807) is 46.2 Å². The molecule has 19 rings (SSSR count). The van der Waals surface area contributed by atoms with Crippen LogP contribution in [0.3, 0.4) is 0 Å². The fourth-order valence-corrected chi connectivity index (χ4v) is 16.1. The molecule has 0 bridgehead atoms. The van der Waals surface area contributed by atoms with Crippen LogP contribution >= 0.6 is 47.8 Å². The van der Waals surface area contributed by atoms with Gasteiger partial charge in [-0.25, -0.2) is 32.3 Å². The van der Waals surface area contributed by atoms with Gasteiger partial charge in [0.2, 0.25) is 11.8 Å². The molecule has 712 valence electrons. The number of carboxylic acids is 1. The van der Waals surface area contributed by atoms with Crippen molar-refractivity contribution in [3.63, 3.8) is 0 Å². The normalized spacial score (nSPS) is 19.3. The van der Waals surface area contributed by atoms with E-state index >= 15 is 0 Å². The zero-order chi connectivity index (χ0) is 98.0. The van der Waals surface area contributed by atoms with Gasteiger partial charge in [0.05, 0.1) is 67.0 Å². The van der Waals surface area contributed by atoms with E-state index in [1.807, 2.05) is 174 Å². The second kappa shape index (κ2) is 40.5. The molecule has 8 N–H and O–H groups in total. The Morgan fingerprint density at radius 3 is 0.993 bits per heavy atom. The minimum absolute atomic E-state index is 0.0146. The number of nitrogens with zero attached hydrogens (tertiary/aromatic N) is 2. The molecule has 6 aliphatic carbocycles. The predicted molar refractivity (Wildman–Crippen MR) is 525 cm³/mol. The molecule has 3 saturated heterocycles. The maximum absolute atomic E-state index is 13.2. The highest BCUT2D eigenvalue weighted by molar-refractivity contribution is 9.11. The summed E-state index contributed by atoms with van der Waals surface area (Å²) in [5.74, 6) is -1.95. The number of hydrogen-bond donors (Lipinski definition) is 7. The van der Waals surface area contributed by atoms with Gasteiger partial charge >= 0.3 is 27.1 Å². The molecular weight excluding hydrogens is 1920 g/mol. The van der Waals surface area contributed by atoms with Crippen molar-refractivity contribution in [3.8, 4) is 22.9 Å². The van der Waals surface area contributed by atoms with Crippen LogP contribution < -0.4 is 36.6 Å². The number of rotatable bonds is 20. The van der Waals surface area contributed by atoms with Gasteiger partial charge in [-0.1, -0.05) is 105 Å². The molecule has 0 radical (unpaired) electrons. The Balaban J connectivity index is 0.000000138. The first kappa shape index (κ1) is 103. The van der Waals surface area contributed by atoms with Crippen molar-refractivity contribution in [2.24, 2.45) is 5.73 Å². The number of ether oxygens (including phenoxy) is 2. The van der Waals surface area contributed by atoms with Crippen LogP contribution in [0.25, 0.3) is 11.1 Å². The molecule has 9 aliphatic rings. The van der Waals surface area contributed by atoms with Crippen LogP contribution in [0, 0.1) is 23.3 Å². The second-order valence-electron chi connectivity index (χ2n) is 40.0. The summed E-state index contributed by atoms with van der Waals surface area (Å²) in [4.78, 5) is 56.2. The van der Waals surface area contributed by atoms with Crippen LogP contribution in [0.1, 0.15) is 263 Å². The minimum Gasteiger partial charge on any atom is -0.478 e. The first-order valence-electron chi connectivity index (χ1n) is 45.5. The van der Waals surface area contributed by atoms with Gasteiger partial charge in [-0.2, -0.15) is 0 Å². The largest absolute Gasteiger partial charge is 0.494 e. The molecule has 6 saturated carbocycles. The summed E-state index contributed by atoms with van der Waals surface area (Å²) in [6.07, 6.45) is 15.9. The molecular formula is C104H118B3Br3F4N6O15. The fraction of sp³-hybridized carbons (Fsp3) is 0.404. The van der Waals surface area contributed by atoms with E-state index in [1.165, 1.54) is 90.5 Å². The first-order valence-corrected chi connectivity index (χ1v) is 47.8. The molecule has 0 unspecified atom stereocenters. The molecule has 21 nitrogen and oxygen atoms in total. The summed E-state index contributed by atoms with van der Waals surface area (Å²) in [5.41, 5.74) is 11.1. The van der Waals surface area contributed by atoms with Gasteiger partial charge in [0.25, 0.3) is 17.7 Å². The third kappa shape index (κ3) is 26.3. The third-order valence-electron chi connectivity index (χ3n) is 26.5. The van der Waals surface area contributed by atoms with Crippen LogP contribution in [0.2, 0.25) is 0 Å². The Kier molecular flexibility index (Phi) is 30.9. The number of hydrogen-bond acceptors (Lipinski definition) is 17. The Labute approximate surface area is 814 Å². The summed E-state index contributed by atoms with van der Waals surface area (Å²) in [6, 6.07) is 57.4. The quantitative estimate of drug-likeness (QED) is 0.0276. The second-order valence-corrected chi connectivity index (χ2v) is 42.7. The van der Waals surface area contributed by atoms with Crippen molar-refractivity contribution in [1.29, 1.82) is 0 Å². The number of pyridine rings is 2. The van der Waals surface area contributed by atoms with Crippen molar-refractivity contribution in [2.45, 2.75) is 267 Å². The SMILES string of the molecule is CC(C)(O)c1cc(OC2CC2)ncc1-c1ccc(C2(NC(=O)c3ccc(F)cc3)CC2)cc1.CC(C)(O)c1cc(OC2CC2)ncc1Br.CC1(C)OB(B2OC(C)(C)C(C)(C)O2)OC1(C)C.CC1(C)OB(c2ccc(C3(NC(=O)c4ccc(F)cc4)CC3)cc2)OC1(C)C.NC1(c2ccc(Br)cc2)CC1.O=C(NC1(c2ccc(Br)cc2)CC1)c1ccc(F)cc1.O=C(O)c1ccc(F)cc1. The number of carbonyl (C=O) groups is 4. The van der Waals surface area contributed by atoms with Crippen molar-refractivity contribution in [3.05, 3.63) is 311 Å². The Morgan fingerprint density at radius 1 is 0.400 bits per heavy atom. The molecule has 3 amide bonds. The molecule has 8 aromatic carbocycles. The third-order valence-corrected chi connectivity index (χ3v) is 28.2. The van der Waals surface area contributed by atoms with Crippen molar-refractivity contribution < 1.29 is 89.5 Å². The number of nitrogens with one attached hydrogen (secondary N) is 3. The Hall–Kier alpha value is -9.47. The van der Waals surface area contributed by atoms with Gasteiger partial charge in [0.15, 0.2) is 0 Å². The summed E-state index contributed by atoms with van der Waals surface area (Å²) < 4.78 is 102. The lowest BCUT2D eigenvalue weighted by Gasteiger charge is -2.32. The van der Waals surface area contributed by atoms with E-state index in [0.717, 1.165) is 147 Å². The number of nitrogens with two attached hydrogens (primary N) is 1. The lowest BCUT2D eigenvalue weighted by molar-refractivity contribution is 0.00578. The number of aromatic carboxylic acids is 1. The molecule has 135 heavy (non-hydrogen) atoms. The van der Waals surface area contributed by atoms with Gasteiger partial charge in [0, 0.05) is 71.3 Å². The van der Waals surface area contributed by atoms with E-state index in [9.17, 15) is 47.0 Å². The van der Waals surface area contributed by atoms with Crippen LogP contribution in [0.5, 0.6) is 11.8 Å². The number of benzene rings is 8. The van der Waals surface area contributed by atoms with E-state index in [2.05, 4.69) is 85.8 Å². The maximum Gasteiger partial charge on any atom is 0.494 e. The zero-order valence-corrected chi connectivity index (χ0v) is 83.8. The maximum atomic E-state index is 13.2. The highest BCUT2D eigenvalue weighted by Crippen LogP contribution is 2.51. The highest BCUT2D eigenvalue weighted by atomic mass is 79.9. The van der Waals surface area contributed by atoms with Crippen molar-refractivity contribution in [1.82, 2.24) is 25.9 Å². The van der Waals surface area contributed by atoms with E-state index < -0.39 is 49.7 Å². The van der Waals surface area contributed by atoms with Crippen LogP contribution in [-0.4, -0.2) is 116 Å². The van der Waals surface area contributed by atoms with Crippen LogP contribution in [-0.2, 0) is 61.3 Å². The number of aromatic nitrogens is 2. The standard InChI is InChI=1S/C27H27FN2O3.C22H25BFNO3.C16H13BrFNO.C12H24B2O4.C11H14BrNO2.C9H10BrN.C7H5FO2/c1-26(2,32)23-15-24(33-21-11-12-21)29-16-22(23)17-3-7-19(8-4-17)27(13-14-27)30-25(31)18-5-9-20(28)10-6-18;1-20(2)21(3,4)28-23(27-20)17-9-7-16(8-10-17)22(13-14-22)25-19(26)15-5-11-18(24)12-6-15;17-13-5-3-12(4-6-13)16(9-10-16)19-15(20)11-1-7-14(18)8-2-11;1-9(2)10(3,4)16-13(15-9)14-17-11(5,6)12(7,8)18-14;1-11(2,14)8-5-10(13-6-9(8)12)15-7-3-4-7;10-8-3-1-7(2-4-8)9(11)5-6-9;8-6-3-1-5(2-4-6)7(9)10/h3-10,15-16,21,32H,11-14H2,1-2H3,(H,30,31);5-12H,13-14H2,1-4H3,(H,25,26);1-8H,9-10H2,(H,19,20);1-8H3;5-7,14H,3-4H2,1-2H3;1-4H,5-6,11H2;1-4H,(H,9,10). The van der Waals surface area contributed by atoms with E-state index in [0.29, 0.717) is 34.6 Å². The molecule has 2 aromatic heterocycles. The topological polar surface area (TPSA) is 291 Å². The lowest BCUT2D eigenvalue weighted by Crippen LogP contribution is -2.41. The van der Waals surface area contributed by atoms with Gasteiger partial charge in [-0.3, -0.25) is 14.4 Å². The summed E-state index contributed by atoms with van der Waals surface area (Å²) in [7, 11) is -1.35. The minimum atomic E-state index is -1.06. The number of carbonyl (C=O) groups excluding carboxylic acids is 3. The van der Waals surface area contributed by atoms with Gasteiger partial charge in [-0.15, -0.1) is 0 Å². The summed E-state index contributed by atoms with van der Waals surface area (Å²) in [6.45, 7) is 31.3. The molecule has 9 fully saturated rings.